The number of hydrogen-bond donors (Lipinski definition) is 1. The molecule has 9 nitrogen and oxygen atoms in total. The molecule has 2 aliphatic rings. The zero-order chi connectivity index (χ0) is 21.0. The van der Waals surface area contributed by atoms with Gasteiger partial charge in [0.05, 0.1) is 18.7 Å². The van der Waals surface area contributed by atoms with Gasteiger partial charge in [0.15, 0.2) is 6.10 Å². The second kappa shape index (κ2) is 9.04. The van der Waals surface area contributed by atoms with E-state index in [4.69, 9.17) is 4.74 Å². The first kappa shape index (κ1) is 20.8. The summed E-state index contributed by atoms with van der Waals surface area (Å²) in [5.41, 5.74) is 0.893. The number of likely N-dealkylation sites (N-methyl/N-ethyl adjacent to an activating group) is 1. The van der Waals surface area contributed by atoms with Crippen LogP contribution in [-0.2, 0) is 20.9 Å². The predicted molar refractivity (Wildman–Crippen MR) is 104 cm³/mol. The third-order valence-corrected chi connectivity index (χ3v) is 5.20. The summed E-state index contributed by atoms with van der Waals surface area (Å²) in [5, 5.41) is 2.45. The fraction of sp³-hybridized carbons (Fsp3) is 0.500. The number of imide groups is 1. The second-order valence-corrected chi connectivity index (χ2v) is 7.15. The molecular formula is C20H26N4O5. The van der Waals surface area contributed by atoms with Crippen molar-refractivity contribution in [2.24, 2.45) is 0 Å². The minimum absolute atomic E-state index is 0.0211. The summed E-state index contributed by atoms with van der Waals surface area (Å²) in [6.45, 7) is 7.53. The molecule has 9 heteroatoms. The van der Waals surface area contributed by atoms with Gasteiger partial charge in [0.2, 0.25) is 5.91 Å². The Morgan fingerprint density at radius 3 is 2.52 bits per heavy atom. The van der Waals surface area contributed by atoms with Gasteiger partial charge in [-0.2, -0.15) is 0 Å². The number of piperazine rings is 1. The molecule has 0 saturated carbocycles. The molecule has 0 aliphatic carbocycles. The molecule has 29 heavy (non-hydrogen) atoms. The van der Waals surface area contributed by atoms with Crippen LogP contribution in [0.5, 0.6) is 0 Å². The zero-order valence-corrected chi connectivity index (χ0v) is 16.7. The van der Waals surface area contributed by atoms with Gasteiger partial charge in [-0.1, -0.05) is 19.1 Å². The van der Waals surface area contributed by atoms with Gasteiger partial charge in [-0.3, -0.25) is 14.5 Å². The van der Waals surface area contributed by atoms with Gasteiger partial charge in [-0.25, -0.2) is 9.59 Å². The average Bonchev–Trinajstić information content (AvgIpc) is 3.05. The smallest absolute Gasteiger partial charge is 0.338 e. The van der Waals surface area contributed by atoms with E-state index < -0.39 is 18.1 Å². The lowest BCUT2D eigenvalue weighted by Gasteiger charge is -2.35. The maximum atomic E-state index is 12.6. The topological polar surface area (TPSA) is 99.3 Å². The molecule has 1 atom stereocenters. The van der Waals surface area contributed by atoms with Crippen LogP contribution in [0.3, 0.4) is 0 Å². The first-order valence-corrected chi connectivity index (χ1v) is 9.78. The van der Waals surface area contributed by atoms with E-state index in [1.807, 2.05) is 0 Å². The van der Waals surface area contributed by atoms with Crippen molar-refractivity contribution in [1.29, 1.82) is 0 Å². The minimum atomic E-state index is -0.884. The number of carbonyl (C=O) groups excluding carboxylic acids is 4. The molecule has 0 bridgehead atoms. The summed E-state index contributed by atoms with van der Waals surface area (Å²) < 4.78 is 5.37. The molecule has 0 radical (unpaired) electrons. The Kier molecular flexibility index (Phi) is 6.48. The Hall–Kier alpha value is -2.94. The molecule has 2 aliphatic heterocycles. The third-order valence-electron chi connectivity index (χ3n) is 5.20. The molecule has 0 aromatic heterocycles. The van der Waals surface area contributed by atoms with E-state index in [2.05, 4.69) is 17.1 Å². The summed E-state index contributed by atoms with van der Waals surface area (Å²) >= 11 is 0. The van der Waals surface area contributed by atoms with E-state index >= 15 is 0 Å². The number of rotatable bonds is 6. The summed E-state index contributed by atoms with van der Waals surface area (Å²) in [7, 11) is 0. The fourth-order valence-corrected chi connectivity index (χ4v) is 3.42. The number of carbonyl (C=O) groups is 4. The third kappa shape index (κ3) is 4.92. The second-order valence-electron chi connectivity index (χ2n) is 7.15. The summed E-state index contributed by atoms with van der Waals surface area (Å²) in [6, 6.07) is 6.07. The first-order chi connectivity index (χ1) is 13.9. The Balaban J connectivity index is 1.58. The lowest BCUT2D eigenvalue weighted by molar-refractivity contribution is -0.141. The molecule has 3 rings (SSSR count). The molecule has 2 saturated heterocycles. The van der Waals surface area contributed by atoms with Crippen LogP contribution in [0.2, 0.25) is 0 Å². The van der Waals surface area contributed by atoms with Gasteiger partial charge in [0.25, 0.3) is 5.91 Å². The zero-order valence-electron chi connectivity index (χ0n) is 16.7. The highest BCUT2D eigenvalue weighted by atomic mass is 16.5. The lowest BCUT2D eigenvalue weighted by atomic mass is 10.1. The number of nitrogens with zero attached hydrogens (tertiary/aromatic N) is 3. The number of hydrogen-bond acceptors (Lipinski definition) is 6. The number of benzene rings is 1. The summed E-state index contributed by atoms with van der Waals surface area (Å²) in [4.78, 5) is 53.5. The molecule has 2 heterocycles. The van der Waals surface area contributed by atoms with E-state index in [9.17, 15) is 19.2 Å². The van der Waals surface area contributed by atoms with Gasteiger partial charge in [0, 0.05) is 26.2 Å². The maximum absolute atomic E-state index is 12.6. The van der Waals surface area contributed by atoms with E-state index in [0.29, 0.717) is 18.7 Å². The van der Waals surface area contributed by atoms with Crippen molar-refractivity contribution in [1.82, 2.24) is 20.0 Å². The van der Waals surface area contributed by atoms with Gasteiger partial charge in [-0.05, 0) is 31.2 Å². The number of ether oxygens (including phenoxy) is 1. The Bertz CT molecular complexity index is 788. The van der Waals surface area contributed by atoms with Crippen molar-refractivity contribution < 1.29 is 23.9 Å². The van der Waals surface area contributed by atoms with Crippen LogP contribution >= 0.6 is 0 Å². The van der Waals surface area contributed by atoms with Crippen molar-refractivity contribution in [3.63, 3.8) is 0 Å². The van der Waals surface area contributed by atoms with Gasteiger partial charge in [0.1, 0.15) is 0 Å². The standard InChI is InChI=1S/C20H26N4O5/c1-3-22-7-9-23(10-8-22)18(26)14(2)29-19(27)16-6-4-5-15(11-16)13-24-17(25)12-21-20(24)28/h4-6,11,14H,3,7-10,12-13H2,1-2H3,(H,21,28)/t14-/m0/s1. The normalized spacial score (nSPS) is 18.6. The summed E-state index contributed by atoms with van der Waals surface area (Å²) in [5.74, 6) is -1.13. The van der Waals surface area contributed by atoms with Gasteiger partial charge in [-0.15, -0.1) is 0 Å². The van der Waals surface area contributed by atoms with Gasteiger partial charge < -0.3 is 19.9 Å². The molecular weight excluding hydrogens is 376 g/mol. The van der Waals surface area contributed by atoms with Crippen LogP contribution in [0.15, 0.2) is 24.3 Å². The Morgan fingerprint density at radius 2 is 1.90 bits per heavy atom. The van der Waals surface area contributed by atoms with Crippen molar-refractivity contribution in [3.05, 3.63) is 35.4 Å². The number of esters is 1. The molecule has 2 fully saturated rings. The van der Waals surface area contributed by atoms with E-state index in [1.54, 1.807) is 36.1 Å². The highest BCUT2D eigenvalue weighted by molar-refractivity contribution is 6.01. The molecule has 1 aromatic rings. The number of nitrogens with one attached hydrogen (secondary N) is 1. The van der Waals surface area contributed by atoms with Crippen LogP contribution in [0.4, 0.5) is 4.79 Å². The van der Waals surface area contributed by atoms with Crippen LogP contribution in [0.1, 0.15) is 29.8 Å². The minimum Gasteiger partial charge on any atom is -0.449 e. The molecule has 1 N–H and O–H groups in total. The highest BCUT2D eigenvalue weighted by Gasteiger charge is 2.29. The van der Waals surface area contributed by atoms with E-state index in [1.165, 1.54) is 0 Å². The monoisotopic (exact) mass is 402 g/mol. The van der Waals surface area contributed by atoms with Crippen LogP contribution in [0.25, 0.3) is 0 Å². The van der Waals surface area contributed by atoms with Crippen molar-refractivity contribution in [2.45, 2.75) is 26.5 Å². The van der Waals surface area contributed by atoms with Crippen LogP contribution in [-0.4, -0.2) is 83.9 Å². The van der Waals surface area contributed by atoms with Crippen molar-refractivity contribution in [3.8, 4) is 0 Å². The SMILES string of the molecule is CCN1CCN(C(=O)[C@H](C)OC(=O)c2cccc(CN3C(=O)CNC3=O)c2)CC1. The lowest BCUT2D eigenvalue weighted by Crippen LogP contribution is -2.51. The Morgan fingerprint density at radius 1 is 1.17 bits per heavy atom. The maximum Gasteiger partial charge on any atom is 0.338 e. The predicted octanol–water partition coefficient (Wildman–Crippen LogP) is 0.448. The molecule has 4 amide bonds. The molecule has 1 aromatic carbocycles. The van der Waals surface area contributed by atoms with Crippen molar-refractivity contribution in [2.75, 3.05) is 39.3 Å². The number of urea groups is 1. The largest absolute Gasteiger partial charge is 0.449 e. The number of amides is 4. The Labute approximate surface area is 169 Å². The molecule has 0 unspecified atom stereocenters. The quantitative estimate of drug-likeness (QED) is 0.548. The van der Waals surface area contributed by atoms with Gasteiger partial charge >= 0.3 is 12.0 Å². The molecule has 0 spiro atoms. The van der Waals surface area contributed by atoms with Crippen LogP contribution in [0, 0.1) is 0 Å². The fourth-order valence-electron chi connectivity index (χ4n) is 3.42. The summed E-state index contributed by atoms with van der Waals surface area (Å²) in [6.07, 6.45) is -0.884. The highest BCUT2D eigenvalue weighted by Crippen LogP contribution is 2.14. The average molecular weight is 402 g/mol. The van der Waals surface area contributed by atoms with E-state index in [-0.39, 0.29) is 30.5 Å². The van der Waals surface area contributed by atoms with Crippen LogP contribution < -0.4 is 5.32 Å². The first-order valence-electron chi connectivity index (χ1n) is 9.78. The molecule has 156 valence electrons. The van der Waals surface area contributed by atoms with Crippen molar-refractivity contribution >= 4 is 23.8 Å². The van der Waals surface area contributed by atoms with E-state index in [0.717, 1.165) is 24.5 Å².